The molecule has 2 bridgehead atoms. The van der Waals surface area contributed by atoms with Crippen molar-refractivity contribution in [1.29, 1.82) is 0 Å². The Labute approximate surface area is 89.6 Å². The minimum atomic E-state index is -0.482. The van der Waals surface area contributed by atoms with Crippen molar-refractivity contribution in [2.24, 2.45) is 0 Å². The van der Waals surface area contributed by atoms with Gasteiger partial charge >= 0.3 is 6.09 Å². The summed E-state index contributed by atoms with van der Waals surface area (Å²) in [6, 6.07) is 0.0427. The molecule has 0 aromatic carbocycles. The maximum Gasteiger partial charge on any atom is 0.411 e. The van der Waals surface area contributed by atoms with Crippen molar-refractivity contribution < 1.29 is 14.3 Å². The number of nitrogens with zero attached hydrogens (tertiary/aromatic N) is 1. The number of hydrogen-bond donors (Lipinski definition) is 0. The molecular formula is C11H17NO3. The number of piperidine rings is 1. The Morgan fingerprint density at radius 3 is 2.60 bits per heavy atom. The van der Waals surface area contributed by atoms with Gasteiger partial charge in [-0.2, -0.15) is 0 Å². The Balaban J connectivity index is 2.01. The number of carbonyl (C=O) groups excluding carboxylic acids is 2. The fourth-order valence-corrected chi connectivity index (χ4v) is 2.21. The molecular weight excluding hydrogens is 194 g/mol. The number of carbonyl (C=O) groups is 2. The molecule has 84 valence electrons. The van der Waals surface area contributed by atoms with E-state index in [1.807, 2.05) is 20.8 Å². The van der Waals surface area contributed by atoms with Gasteiger partial charge in [0.2, 0.25) is 0 Å². The van der Waals surface area contributed by atoms with Gasteiger partial charge in [-0.25, -0.2) is 4.79 Å². The summed E-state index contributed by atoms with van der Waals surface area (Å²) in [5.74, 6) is 0.184. The Hall–Kier alpha value is -1.06. The lowest BCUT2D eigenvalue weighted by molar-refractivity contribution is -0.139. The Bertz CT molecular complexity index is 303. The summed E-state index contributed by atoms with van der Waals surface area (Å²) in [5.41, 5.74) is -0.482. The first-order valence-electron chi connectivity index (χ1n) is 5.42. The highest BCUT2D eigenvalue weighted by Crippen LogP contribution is 2.36. The van der Waals surface area contributed by atoms with Gasteiger partial charge in [-0.05, 0) is 33.6 Å². The van der Waals surface area contributed by atoms with E-state index in [1.54, 1.807) is 4.90 Å². The lowest BCUT2D eigenvalue weighted by Gasteiger charge is -2.51. The van der Waals surface area contributed by atoms with Gasteiger partial charge in [-0.15, -0.1) is 0 Å². The van der Waals surface area contributed by atoms with E-state index >= 15 is 0 Å². The van der Waals surface area contributed by atoms with Gasteiger partial charge in [-0.3, -0.25) is 9.69 Å². The van der Waals surface area contributed by atoms with E-state index in [9.17, 15) is 9.59 Å². The van der Waals surface area contributed by atoms with Crippen LogP contribution in [0.5, 0.6) is 0 Å². The molecule has 1 aliphatic carbocycles. The Morgan fingerprint density at radius 2 is 2.13 bits per heavy atom. The standard InChI is InChI=1S/C11H17NO3/c1-11(2,3)15-10(14)12-7-4-5-9(13)8(12)6-7/h7-8H,4-6H2,1-3H3. The second-order valence-corrected chi connectivity index (χ2v) is 5.30. The summed E-state index contributed by atoms with van der Waals surface area (Å²) in [4.78, 5) is 24.8. The quantitative estimate of drug-likeness (QED) is 0.613. The third-order valence-corrected chi connectivity index (χ3v) is 2.92. The van der Waals surface area contributed by atoms with Crippen molar-refractivity contribution in [2.75, 3.05) is 0 Å². The molecule has 3 fully saturated rings. The van der Waals surface area contributed by atoms with Gasteiger partial charge in [0.25, 0.3) is 0 Å². The van der Waals surface area contributed by atoms with Gasteiger partial charge in [0.15, 0.2) is 5.78 Å². The molecule has 4 nitrogen and oxygen atoms in total. The molecule has 3 rings (SSSR count). The fourth-order valence-electron chi connectivity index (χ4n) is 2.21. The van der Waals surface area contributed by atoms with E-state index in [0.29, 0.717) is 6.42 Å². The summed E-state index contributed by atoms with van der Waals surface area (Å²) >= 11 is 0. The van der Waals surface area contributed by atoms with Gasteiger partial charge in [0.1, 0.15) is 5.60 Å². The SMILES string of the molecule is CC(C)(C)OC(=O)N1C2CCC(=O)C1C2. The first-order chi connectivity index (χ1) is 6.88. The molecule has 2 aliphatic heterocycles. The Kier molecular flexibility index (Phi) is 2.24. The maximum atomic E-state index is 11.8. The fraction of sp³-hybridized carbons (Fsp3) is 0.818. The van der Waals surface area contributed by atoms with E-state index in [4.69, 9.17) is 4.74 Å². The van der Waals surface area contributed by atoms with E-state index in [0.717, 1.165) is 12.8 Å². The number of amides is 1. The molecule has 0 radical (unpaired) electrons. The molecule has 3 aliphatic rings. The largest absolute Gasteiger partial charge is 0.444 e. The highest BCUT2D eigenvalue weighted by molar-refractivity contribution is 5.91. The number of ketones is 1. The summed E-state index contributed by atoms with van der Waals surface area (Å²) in [6.45, 7) is 5.51. The van der Waals surface area contributed by atoms with Crippen molar-refractivity contribution in [1.82, 2.24) is 4.90 Å². The number of Topliss-reactive ketones (excluding diaryl/α,β-unsaturated/α-hetero) is 1. The molecule has 2 saturated heterocycles. The van der Waals surface area contributed by atoms with Gasteiger partial charge in [-0.1, -0.05) is 0 Å². The van der Waals surface area contributed by atoms with E-state index in [2.05, 4.69) is 0 Å². The summed E-state index contributed by atoms with van der Waals surface area (Å²) in [7, 11) is 0. The van der Waals surface area contributed by atoms with Crippen LogP contribution in [0.3, 0.4) is 0 Å². The van der Waals surface area contributed by atoms with Crippen LogP contribution in [0.1, 0.15) is 40.0 Å². The molecule has 2 heterocycles. The molecule has 0 aromatic heterocycles. The van der Waals surface area contributed by atoms with Crippen LogP contribution >= 0.6 is 0 Å². The zero-order valence-corrected chi connectivity index (χ0v) is 9.45. The highest BCUT2D eigenvalue weighted by Gasteiger charge is 2.50. The van der Waals surface area contributed by atoms with Crippen LogP contribution in [0.4, 0.5) is 4.79 Å². The van der Waals surface area contributed by atoms with Crippen molar-refractivity contribution in [3.63, 3.8) is 0 Å². The van der Waals surface area contributed by atoms with Crippen LogP contribution in [-0.2, 0) is 9.53 Å². The topological polar surface area (TPSA) is 46.6 Å². The normalized spacial score (nSPS) is 29.8. The predicted molar refractivity (Wildman–Crippen MR) is 54.5 cm³/mol. The third-order valence-electron chi connectivity index (χ3n) is 2.92. The molecule has 15 heavy (non-hydrogen) atoms. The van der Waals surface area contributed by atoms with Gasteiger partial charge in [0.05, 0.1) is 6.04 Å². The minimum Gasteiger partial charge on any atom is -0.444 e. The van der Waals surface area contributed by atoms with Crippen molar-refractivity contribution >= 4 is 11.9 Å². The zero-order chi connectivity index (χ0) is 11.2. The lowest BCUT2D eigenvalue weighted by Crippen LogP contribution is -2.65. The summed E-state index contributed by atoms with van der Waals surface area (Å²) < 4.78 is 5.26. The van der Waals surface area contributed by atoms with Crippen LogP contribution in [0.25, 0.3) is 0 Å². The third kappa shape index (κ3) is 1.85. The molecule has 2 atom stereocenters. The monoisotopic (exact) mass is 211 g/mol. The summed E-state index contributed by atoms with van der Waals surface area (Å²) in [5, 5.41) is 0. The van der Waals surface area contributed by atoms with Gasteiger partial charge < -0.3 is 4.74 Å². The first-order valence-corrected chi connectivity index (χ1v) is 5.42. The highest BCUT2D eigenvalue weighted by atomic mass is 16.6. The molecule has 1 saturated carbocycles. The number of ether oxygens (including phenoxy) is 1. The molecule has 4 heteroatoms. The first kappa shape index (κ1) is 10.5. The number of hydrogen-bond acceptors (Lipinski definition) is 3. The average Bonchev–Trinajstić information content (AvgIpc) is 1.98. The lowest BCUT2D eigenvalue weighted by atomic mass is 9.79. The van der Waals surface area contributed by atoms with Crippen LogP contribution in [0, 0.1) is 0 Å². The Morgan fingerprint density at radius 1 is 1.47 bits per heavy atom. The average molecular weight is 211 g/mol. The van der Waals surface area contributed by atoms with E-state index in [-0.39, 0.29) is 24.0 Å². The maximum absolute atomic E-state index is 11.8. The van der Waals surface area contributed by atoms with Crippen molar-refractivity contribution in [3.05, 3.63) is 0 Å². The number of rotatable bonds is 0. The predicted octanol–water partition coefficient (Wildman–Crippen LogP) is 1.73. The van der Waals surface area contributed by atoms with Gasteiger partial charge in [0, 0.05) is 12.5 Å². The molecule has 2 unspecified atom stereocenters. The smallest absolute Gasteiger partial charge is 0.411 e. The molecule has 0 N–H and O–H groups in total. The van der Waals surface area contributed by atoms with Crippen LogP contribution in [0.15, 0.2) is 0 Å². The molecule has 0 aromatic rings. The summed E-state index contributed by atoms with van der Waals surface area (Å²) in [6.07, 6.45) is 1.91. The zero-order valence-electron chi connectivity index (χ0n) is 9.45. The molecule has 1 amide bonds. The molecule has 0 spiro atoms. The minimum absolute atomic E-state index is 0.184. The van der Waals surface area contributed by atoms with E-state index < -0.39 is 5.60 Å². The second kappa shape index (κ2) is 3.22. The van der Waals surface area contributed by atoms with Crippen LogP contribution in [0.2, 0.25) is 0 Å². The van der Waals surface area contributed by atoms with E-state index in [1.165, 1.54) is 0 Å². The van der Waals surface area contributed by atoms with Crippen LogP contribution < -0.4 is 0 Å². The van der Waals surface area contributed by atoms with Crippen molar-refractivity contribution in [3.8, 4) is 0 Å². The number of fused-ring (bicyclic) bond motifs is 2. The van der Waals surface area contributed by atoms with Crippen molar-refractivity contribution in [2.45, 2.75) is 57.7 Å². The van der Waals surface area contributed by atoms with Crippen LogP contribution in [-0.4, -0.2) is 34.5 Å². The second-order valence-electron chi connectivity index (χ2n) is 5.30.